The number of nitrogens with one attached hydrogen (secondary N) is 2. The van der Waals surface area contributed by atoms with Crippen LogP contribution in [0.25, 0.3) is 0 Å². The van der Waals surface area contributed by atoms with Gasteiger partial charge in [-0.3, -0.25) is 4.99 Å². The van der Waals surface area contributed by atoms with E-state index in [1.165, 1.54) is 0 Å². The van der Waals surface area contributed by atoms with Crippen molar-refractivity contribution in [2.24, 2.45) is 4.99 Å². The lowest BCUT2D eigenvalue weighted by molar-refractivity contribution is 0.0507. The first-order chi connectivity index (χ1) is 12.4. The quantitative estimate of drug-likeness (QED) is 0.362. The first-order valence-corrected chi connectivity index (χ1v) is 9.42. The number of nitrogens with zero attached hydrogens (tertiary/aromatic N) is 2. The highest BCUT2D eigenvalue weighted by Crippen LogP contribution is 2.12. The molecule has 0 bridgehead atoms. The van der Waals surface area contributed by atoms with Crippen LogP contribution in [0.3, 0.4) is 0 Å². The molecule has 8 heteroatoms. The summed E-state index contributed by atoms with van der Waals surface area (Å²) in [6.07, 6.45) is 4.02. The molecule has 0 aliphatic carbocycles. The number of halogens is 1. The normalized spacial score (nSPS) is 17.4. The Balaban J connectivity index is 0.00000364. The molecule has 1 aromatic rings. The summed E-state index contributed by atoms with van der Waals surface area (Å²) in [5.41, 5.74) is -0.483. The van der Waals surface area contributed by atoms with Crippen molar-refractivity contribution < 1.29 is 13.9 Å². The maximum Gasteiger partial charge on any atom is 0.407 e. The van der Waals surface area contributed by atoms with Crippen molar-refractivity contribution in [1.82, 2.24) is 15.5 Å². The van der Waals surface area contributed by atoms with Crippen molar-refractivity contribution in [1.29, 1.82) is 0 Å². The van der Waals surface area contributed by atoms with Crippen LogP contribution in [0.4, 0.5) is 4.79 Å². The van der Waals surface area contributed by atoms with E-state index >= 15 is 0 Å². The molecule has 1 unspecified atom stereocenters. The number of amides is 1. The largest absolute Gasteiger partial charge is 0.469 e. The molecule has 0 saturated carbocycles. The topological polar surface area (TPSA) is 79.1 Å². The van der Waals surface area contributed by atoms with Gasteiger partial charge in [0, 0.05) is 32.6 Å². The average Bonchev–Trinajstić information content (AvgIpc) is 3.20. The number of alkyl carbamates (subject to hydrolysis) is 1. The second-order valence-electron chi connectivity index (χ2n) is 7.54. The number of carbonyl (C=O) groups excluding carboxylic acids is 1. The van der Waals surface area contributed by atoms with Gasteiger partial charge in [0.15, 0.2) is 5.96 Å². The lowest BCUT2D eigenvalue weighted by Crippen LogP contribution is -2.44. The van der Waals surface area contributed by atoms with Gasteiger partial charge >= 0.3 is 6.09 Å². The van der Waals surface area contributed by atoms with Gasteiger partial charge in [-0.05, 0) is 45.7 Å². The van der Waals surface area contributed by atoms with Gasteiger partial charge in [0.25, 0.3) is 0 Å². The van der Waals surface area contributed by atoms with Crippen LogP contribution < -0.4 is 10.6 Å². The molecule has 1 fully saturated rings. The first kappa shape index (κ1) is 23.6. The summed E-state index contributed by atoms with van der Waals surface area (Å²) in [4.78, 5) is 18.8. The highest BCUT2D eigenvalue weighted by Gasteiger charge is 2.27. The Hall–Kier alpha value is -1.45. The Morgan fingerprint density at radius 2 is 2.22 bits per heavy atom. The van der Waals surface area contributed by atoms with Crippen molar-refractivity contribution in [3.63, 3.8) is 0 Å². The molecule has 2 rings (SSSR count). The second-order valence-corrected chi connectivity index (χ2v) is 7.54. The molecule has 1 saturated heterocycles. The summed E-state index contributed by atoms with van der Waals surface area (Å²) in [7, 11) is 0. The zero-order chi connectivity index (χ0) is 19.0. The lowest BCUT2D eigenvalue weighted by Gasteiger charge is -2.23. The van der Waals surface area contributed by atoms with Crippen molar-refractivity contribution in [3.05, 3.63) is 24.2 Å². The van der Waals surface area contributed by atoms with E-state index in [9.17, 15) is 4.79 Å². The van der Waals surface area contributed by atoms with Crippen LogP contribution in [0.5, 0.6) is 0 Å². The number of aliphatic imine (C=N–C) groups is 1. The number of ether oxygens (including phenoxy) is 1. The third-order valence-corrected chi connectivity index (χ3v) is 3.93. The monoisotopic (exact) mass is 492 g/mol. The number of carbonyl (C=O) groups is 1. The maximum atomic E-state index is 12.0. The summed E-state index contributed by atoms with van der Waals surface area (Å²) in [6, 6.07) is 3.94. The van der Waals surface area contributed by atoms with Gasteiger partial charge in [0.1, 0.15) is 11.4 Å². The zero-order valence-corrected chi connectivity index (χ0v) is 19.1. The van der Waals surface area contributed by atoms with Crippen LogP contribution in [-0.2, 0) is 11.2 Å². The molecule has 1 aliphatic heterocycles. The minimum atomic E-state index is -0.483. The second kappa shape index (κ2) is 11.4. The van der Waals surface area contributed by atoms with E-state index in [0.29, 0.717) is 0 Å². The predicted molar refractivity (Wildman–Crippen MR) is 118 cm³/mol. The van der Waals surface area contributed by atoms with Crippen molar-refractivity contribution in [2.75, 3.05) is 26.2 Å². The van der Waals surface area contributed by atoms with Gasteiger partial charge in [-0.15, -0.1) is 24.0 Å². The van der Waals surface area contributed by atoms with E-state index < -0.39 is 5.60 Å². The molecule has 2 heterocycles. The van der Waals surface area contributed by atoms with Gasteiger partial charge in [0.2, 0.25) is 0 Å². The van der Waals surface area contributed by atoms with Gasteiger partial charge in [-0.25, -0.2) is 4.79 Å². The van der Waals surface area contributed by atoms with E-state index in [1.807, 2.05) is 32.9 Å². The predicted octanol–water partition coefficient (Wildman–Crippen LogP) is 3.39. The van der Waals surface area contributed by atoms with Gasteiger partial charge in [0.05, 0.1) is 12.3 Å². The Morgan fingerprint density at radius 3 is 2.85 bits per heavy atom. The number of hydrogen-bond acceptors (Lipinski definition) is 4. The van der Waals surface area contributed by atoms with Crippen LogP contribution in [-0.4, -0.2) is 54.8 Å². The fourth-order valence-electron chi connectivity index (χ4n) is 2.78. The molecule has 0 radical (unpaired) electrons. The molecule has 2 N–H and O–H groups in total. The molecule has 154 valence electrons. The van der Waals surface area contributed by atoms with Crippen molar-refractivity contribution in [2.45, 2.75) is 58.6 Å². The van der Waals surface area contributed by atoms with Crippen LogP contribution in [0.1, 0.15) is 46.3 Å². The van der Waals surface area contributed by atoms with Gasteiger partial charge in [-0.1, -0.05) is 6.92 Å². The van der Waals surface area contributed by atoms with E-state index in [1.54, 1.807) is 6.26 Å². The highest BCUT2D eigenvalue weighted by molar-refractivity contribution is 14.0. The molecule has 7 nitrogen and oxygen atoms in total. The standard InChI is InChI=1S/C19H32N4O3.HI/c1-5-10-20-17(21-11-8-16-7-6-13-25-16)23-12-9-15(14-23)22-18(24)26-19(2,3)4;/h6-7,13,15H,5,8-12,14H2,1-4H3,(H,20,21)(H,22,24);1H. The van der Waals surface area contributed by atoms with Crippen molar-refractivity contribution >= 4 is 36.0 Å². The van der Waals surface area contributed by atoms with Gasteiger partial charge < -0.3 is 24.7 Å². The number of hydrogen-bond donors (Lipinski definition) is 2. The minimum absolute atomic E-state index is 0. The fraction of sp³-hybridized carbons (Fsp3) is 0.684. The molecule has 0 aromatic carbocycles. The fourth-order valence-corrected chi connectivity index (χ4v) is 2.78. The summed E-state index contributed by atoms with van der Waals surface area (Å²) in [5.74, 6) is 1.85. The molecule has 1 atom stereocenters. The number of rotatable bonds is 6. The summed E-state index contributed by atoms with van der Waals surface area (Å²) >= 11 is 0. The first-order valence-electron chi connectivity index (χ1n) is 9.42. The smallest absolute Gasteiger partial charge is 0.407 e. The van der Waals surface area contributed by atoms with Gasteiger partial charge in [-0.2, -0.15) is 0 Å². The molecule has 1 amide bonds. The van der Waals surface area contributed by atoms with Crippen LogP contribution in [0.2, 0.25) is 0 Å². The minimum Gasteiger partial charge on any atom is -0.469 e. The SMILES string of the molecule is CCCN=C(NCCc1ccco1)N1CCC(NC(=O)OC(C)(C)C)C1.I. The van der Waals surface area contributed by atoms with E-state index in [0.717, 1.165) is 57.2 Å². The van der Waals surface area contributed by atoms with Crippen molar-refractivity contribution in [3.8, 4) is 0 Å². The lowest BCUT2D eigenvalue weighted by atomic mass is 10.2. The molecular formula is C19H33IN4O3. The molecule has 0 spiro atoms. The Morgan fingerprint density at radius 1 is 1.44 bits per heavy atom. The zero-order valence-electron chi connectivity index (χ0n) is 16.8. The third kappa shape index (κ3) is 8.85. The average molecular weight is 492 g/mol. The Labute approximate surface area is 179 Å². The summed E-state index contributed by atoms with van der Waals surface area (Å²) in [6.45, 7) is 10.8. The molecular weight excluding hydrogens is 459 g/mol. The van der Waals surface area contributed by atoms with Crippen LogP contribution >= 0.6 is 24.0 Å². The molecule has 1 aliphatic rings. The highest BCUT2D eigenvalue weighted by atomic mass is 127. The number of guanidine groups is 1. The van der Waals surface area contributed by atoms with E-state index in [-0.39, 0.29) is 36.1 Å². The van der Waals surface area contributed by atoms with E-state index in [2.05, 4.69) is 27.4 Å². The Kier molecular flexibility index (Phi) is 9.97. The number of likely N-dealkylation sites (tertiary alicyclic amines) is 1. The summed E-state index contributed by atoms with van der Waals surface area (Å²) < 4.78 is 10.7. The third-order valence-electron chi connectivity index (χ3n) is 3.93. The number of furan rings is 1. The maximum absolute atomic E-state index is 12.0. The van der Waals surface area contributed by atoms with E-state index in [4.69, 9.17) is 9.15 Å². The molecule has 27 heavy (non-hydrogen) atoms. The molecule has 1 aromatic heterocycles. The summed E-state index contributed by atoms with van der Waals surface area (Å²) in [5, 5.41) is 6.37. The van der Waals surface area contributed by atoms with Crippen LogP contribution in [0, 0.1) is 0 Å². The van der Waals surface area contributed by atoms with Crippen LogP contribution in [0.15, 0.2) is 27.8 Å². The Bertz CT molecular complexity index is 584.